The molecule has 5 nitrogen and oxygen atoms in total. The van der Waals surface area contributed by atoms with Crippen LogP contribution in [0.15, 0.2) is 18.2 Å². The van der Waals surface area contributed by atoms with Crippen molar-refractivity contribution in [2.75, 3.05) is 14.2 Å². The van der Waals surface area contributed by atoms with Crippen LogP contribution in [0.25, 0.3) is 0 Å². The van der Waals surface area contributed by atoms with Gasteiger partial charge in [0.2, 0.25) is 0 Å². The lowest BCUT2D eigenvalue weighted by molar-refractivity contribution is 0.236. The molecule has 1 aromatic rings. The molecule has 0 aliphatic carbocycles. The standard InChI is InChI=1S/C10H14N2O3/c1-14-7-5-3-4-6(9(7)15-2)8(13)10(11)12/h3-5,8,13H,1-2H3,(H3,11,12)/t8-/m0/s1. The van der Waals surface area contributed by atoms with Crippen LogP contribution in [0, 0.1) is 5.41 Å². The minimum Gasteiger partial charge on any atom is -0.493 e. The number of amidine groups is 1. The number of benzene rings is 1. The first-order valence-electron chi connectivity index (χ1n) is 4.34. The summed E-state index contributed by atoms with van der Waals surface area (Å²) >= 11 is 0. The Morgan fingerprint density at radius 1 is 1.40 bits per heavy atom. The van der Waals surface area contributed by atoms with Gasteiger partial charge in [0, 0.05) is 5.56 Å². The van der Waals surface area contributed by atoms with Gasteiger partial charge in [0.15, 0.2) is 11.5 Å². The number of nitrogens with two attached hydrogens (primary N) is 1. The third-order valence-corrected chi connectivity index (χ3v) is 2.02. The molecule has 0 aliphatic heterocycles. The molecule has 0 fully saturated rings. The third-order valence-electron chi connectivity index (χ3n) is 2.02. The molecule has 0 spiro atoms. The van der Waals surface area contributed by atoms with Crippen molar-refractivity contribution in [3.05, 3.63) is 23.8 Å². The fourth-order valence-corrected chi connectivity index (χ4v) is 1.29. The smallest absolute Gasteiger partial charge is 0.166 e. The molecule has 0 bridgehead atoms. The number of aliphatic hydroxyl groups excluding tert-OH is 1. The van der Waals surface area contributed by atoms with Gasteiger partial charge in [-0.05, 0) is 6.07 Å². The monoisotopic (exact) mass is 210 g/mol. The van der Waals surface area contributed by atoms with Crippen LogP contribution >= 0.6 is 0 Å². The van der Waals surface area contributed by atoms with Crippen molar-refractivity contribution in [3.63, 3.8) is 0 Å². The van der Waals surface area contributed by atoms with Crippen LogP contribution in [0.2, 0.25) is 0 Å². The summed E-state index contributed by atoms with van der Waals surface area (Å²) in [6.07, 6.45) is -1.17. The number of nitrogens with one attached hydrogen (secondary N) is 1. The van der Waals surface area contributed by atoms with E-state index in [0.29, 0.717) is 17.1 Å². The molecule has 1 atom stereocenters. The Bertz CT molecular complexity index is 366. The molecule has 1 rings (SSSR count). The Kier molecular flexibility index (Phi) is 3.51. The molecule has 0 aliphatic rings. The Morgan fingerprint density at radius 3 is 2.53 bits per heavy atom. The molecule has 0 heterocycles. The number of methoxy groups -OCH3 is 2. The van der Waals surface area contributed by atoms with E-state index in [2.05, 4.69) is 0 Å². The summed E-state index contributed by atoms with van der Waals surface area (Å²) in [5, 5.41) is 16.8. The van der Waals surface area contributed by atoms with Crippen molar-refractivity contribution < 1.29 is 14.6 Å². The molecule has 0 amide bonds. The second kappa shape index (κ2) is 4.65. The summed E-state index contributed by atoms with van der Waals surface area (Å²) in [6.45, 7) is 0. The molecule has 15 heavy (non-hydrogen) atoms. The topological polar surface area (TPSA) is 88.6 Å². The number of rotatable bonds is 4. The quantitative estimate of drug-likeness (QED) is 0.503. The first kappa shape index (κ1) is 11.3. The van der Waals surface area contributed by atoms with Crippen molar-refractivity contribution in [1.29, 1.82) is 5.41 Å². The SMILES string of the molecule is COc1cccc([C@H](O)C(=N)N)c1OC. The second-order valence-electron chi connectivity index (χ2n) is 2.94. The van der Waals surface area contributed by atoms with Crippen LogP contribution in [-0.2, 0) is 0 Å². The van der Waals surface area contributed by atoms with Crippen molar-refractivity contribution in [1.82, 2.24) is 0 Å². The van der Waals surface area contributed by atoms with Gasteiger partial charge in [-0.15, -0.1) is 0 Å². The highest BCUT2D eigenvalue weighted by Crippen LogP contribution is 2.34. The molecule has 82 valence electrons. The van der Waals surface area contributed by atoms with E-state index in [0.717, 1.165) is 0 Å². The minimum atomic E-state index is -1.17. The van der Waals surface area contributed by atoms with Gasteiger partial charge in [0.05, 0.1) is 14.2 Å². The van der Waals surface area contributed by atoms with E-state index in [1.54, 1.807) is 18.2 Å². The van der Waals surface area contributed by atoms with E-state index >= 15 is 0 Å². The van der Waals surface area contributed by atoms with E-state index < -0.39 is 6.10 Å². The number of hydrogen-bond donors (Lipinski definition) is 3. The lowest BCUT2D eigenvalue weighted by Gasteiger charge is -2.15. The van der Waals surface area contributed by atoms with Gasteiger partial charge < -0.3 is 20.3 Å². The van der Waals surface area contributed by atoms with Gasteiger partial charge in [-0.1, -0.05) is 12.1 Å². The van der Waals surface area contributed by atoms with Crippen LogP contribution in [-0.4, -0.2) is 25.2 Å². The fraction of sp³-hybridized carbons (Fsp3) is 0.300. The fourth-order valence-electron chi connectivity index (χ4n) is 1.29. The highest BCUT2D eigenvalue weighted by atomic mass is 16.5. The lowest BCUT2D eigenvalue weighted by Crippen LogP contribution is -2.20. The first-order chi connectivity index (χ1) is 7.11. The van der Waals surface area contributed by atoms with Crippen LogP contribution < -0.4 is 15.2 Å². The maximum absolute atomic E-state index is 9.64. The largest absolute Gasteiger partial charge is 0.493 e. The number of hydrogen-bond acceptors (Lipinski definition) is 4. The molecule has 0 saturated carbocycles. The van der Waals surface area contributed by atoms with Gasteiger partial charge in [-0.3, -0.25) is 5.41 Å². The molecule has 1 aromatic carbocycles. The molecular weight excluding hydrogens is 196 g/mol. The highest BCUT2D eigenvalue weighted by molar-refractivity contribution is 5.83. The second-order valence-corrected chi connectivity index (χ2v) is 2.94. The average Bonchev–Trinajstić information content (AvgIpc) is 2.26. The average molecular weight is 210 g/mol. The van der Waals surface area contributed by atoms with E-state index in [-0.39, 0.29) is 5.84 Å². The van der Waals surface area contributed by atoms with Gasteiger partial charge in [0.1, 0.15) is 11.9 Å². The van der Waals surface area contributed by atoms with Crippen molar-refractivity contribution in [3.8, 4) is 11.5 Å². The van der Waals surface area contributed by atoms with Gasteiger partial charge >= 0.3 is 0 Å². The summed E-state index contributed by atoms with van der Waals surface area (Å²) in [5.41, 5.74) is 5.64. The zero-order chi connectivity index (χ0) is 11.4. The highest BCUT2D eigenvalue weighted by Gasteiger charge is 2.18. The van der Waals surface area contributed by atoms with E-state index in [1.807, 2.05) is 0 Å². The predicted molar refractivity (Wildman–Crippen MR) is 56.4 cm³/mol. The lowest BCUT2D eigenvalue weighted by atomic mass is 10.1. The molecule has 5 heteroatoms. The Morgan fingerprint density at radius 2 is 2.07 bits per heavy atom. The van der Waals surface area contributed by atoms with Gasteiger partial charge in [0.25, 0.3) is 0 Å². The number of ether oxygens (including phenoxy) is 2. The van der Waals surface area contributed by atoms with E-state index in [9.17, 15) is 5.11 Å². The molecule has 0 saturated heterocycles. The first-order valence-corrected chi connectivity index (χ1v) is 4.34. The summed E-state index contributed by atoms with van der Waals surface area (Å²) in [7, 11) is 2.97. The maximum Gasteiger partial charge on any atom is 0.166 e. The summed E-state index contributed by atoms with van der Waals surface area (Å²) in [5.74, 6) is 0.555. The molecule has 0 aromatic heterocycles. The predicted octanol–water partition coefficient (Wildman–Crippen LogP) is 0.673. The zero-order valence-electron chi connectivity index (χ0n) is 8.65. The van der Waals surface area contributed by atoms with Gasteiger partial charge in [-0.25, -0.2) is 0 Å². The van der Waals surface area contributed by atoms with Crippen LogP contribution in [0.4, 0.5) is 0 Å². The number of aliphatic hydroxyl groups is 1. The Labute approximate surface area is 87.9 Å². The van der Waals surface area contributed by atoms with Crippen LogP contribution in [0.3, 0.4) is 0 Å². The normalized spacial score (nSPS) is 11.9. The molecule has 4 N–H and O–H groups in total. The van der Waals surface area contributed by atoms with Crippen molar-refractivity contribution in [2.45, 2.75) is 6.10 Å². The zero-order valence-corrected chi connectivity index (χ0v) is 8.65. The van der Waals surface area contributed by atoms with E-state index in [1.165, 1.54) is 14.2 Å². The van der Waals surface area contributed by atoms with Crippen molar-refractivity contribution in [2.24, 2.45) is 5.73 Å². The third kappa shape index (κ3) is 2.19. The maximum atomic E-state index is 9.64. The minimum absolute atomic E-state index is 0.332. The summed E-state index contributed by atoms with van der Waals surface area (Å²) < 4.78 is 10.2. The van der Waals surface area contributed by atoms with Gasteiger partial charge in [-0.2, -0.15) is 0 Å². The van der Waals surface area contributed by atoms with E-state index in [4.69, 9.17) is 20.6 Å². The van der Waals surface area contributed by atoms with Crippen LogP contribution in [0.5, 0.6) is 11.5 Å². The van der Waals surface area contributed by atoms with Crippen LogP contribution in [0.1, 0.15) is 11.7 Å². The molecular formula is C10H14N2O3. The molecule has 0 unspecified atom stereocenters. The molecule has 0 radical (unpaired) electrons. The number of para-hydroxylation sites is 1. The van der Waals surface area contributed by atoms with Crippen molar-refractivity contribution >= 4 is 5.84 Å². The Balaban J connectivity index is 3.22. The Hall–Kier alpha value is -1.75. The summed E-state index contributed by atoms with van der Waals surface area (Å²) in [4.78, 5) is 0. The summed E-state index contributed by atoms with van der Waals surface area (Å²) in [6, 6.07) is 5.03.